The Morgan fingerprint density at radius 3 is 0.704 bits per heavy atom. The molecule has 0 aliphatic rings. The summed E-state index contributed by atoms with van der Waals surface area (Å²) in [6.45, 7) is 0. The first-order valence-corrected chi connectivity index (χ1v) is 5.17. The predicted octanol–water partition coefficient (Wildman–Crippen LogP) is 1.32. The van der Waals surface area contributed by atoms with E-state index in [0.29, 0.717) is 0 Å². The Kier molecular flexibility index (Phi) is 7.44. The SMILES string of the molecule is [Na+].[O-]C(F)(F)C(F)(F)C(F)(F)C(F)(F)C(F)(F)C(F)(F)C(F)(F)C(F)(F)F. The summed E-state index contributed by atoms with van der Waals surface area (Å²) in [7, 11) is 0. The summed E-state index contributed by atoms with van der Waals surface area (Å²) < 4.78 is 210. The van der Waals surface area contributed by atoms with Gasteiger partial charge in [0.15, 0.2) is 0 Å². The van der Waals surface area contributed by atoms with Gasteiger partial charge in [-0.1, -0.05) is 0 Å². The molecule has 0 aliphatic carbocycles. The molecule has 0 heterocycles. The average Bonchev–Trinajstić information content (AvgIpc) is 2.34. The molecule has 19 heteroatoms. The molecule has 0 aromatic heterocycles. The number of alkyl halides is 17. The molecule has 0 aliphatic heterocycles. The van der Waals surface area contributed by atoms with Gasteiger partial charge in [0.05, 0.1) is 0 Å². The Morgan fingerprint density at radius 2 is 0.519 bits per heavy atom. The molecule has 1 nitrogen and oxygen atoms in total. The normalized spacial score (nSPS) is 16.2. The predicted molar refractivity (Wildman–Crippen MR) is 40.7 cm³/mol. The van der Waals surface area contributed by atoms with Crippen molar-refractivity contribution in [3.05, 3.63) is 0 Å². The Labute approximate surface area is 157 Å². The molecule has 0 N–H and O–H groups in total. The Morgan fingerprint density at radius 1 is 0.333 bits per heavy atom. The molecule has 0 radical (unpaired) electrons. The molecule has 0 aromatic rings. The average molecular weight is 458 g/mol. The van der Waals surface area contributed by atoms with Crippen LogP contribution in [0.3, 0.4) is 0 Å². The van der Waals surface area contributed by atoms with Gasteiger partial charge in [-0.05, 0) is 0 Å². The monoisotopic (exact) mass is 458 g/mol. The smallest absolute Gasteiger partial charge is 0.793 e. The maximum absolute atomic E-state index is 12.8. The van der Waals surface area contributed by atoms with Gasteiger partial charge in [0, 0.05) is 0 Å². The molecule has 0 saturated carbocycles. The first-order valence-electron chi connectivity index (χ1n) is 5.17. The van der Waals surface area contributed by atoms with E-state index in [-0.39, 0.29) is 29.6 Å². The zero-order chi connectivity index (χ0) is 22.0. The second-order valence-electron chi connectivity index (χ2n) is 4.46. The van der Waals surface area contributed by atoms with Crippen LogP contribution in [-0.2, 0) is 0 Å². The number of halogens is 17. The van der Waals surface area contributed by atoms with E-state index >= 15 is 0 Å². The van der Waals surface area contributed by atoms with Gasteiger partial charge in [-0.2, -0.15) is 65.9 Å². The van der Waals surface area contributed by atoms with Gasteiger partial charge < -0.3 is 5.11 Å². The van der Waals surface area contributed by atoms with Crippen molar-refractivity contribution in [1.82, 2.24) is 0 Å². The molecule has 0 aromatic carbocycles. The van der Waals surface area contributed by atoms with Crippen LogP contribution in [0, 0.1) is 0 Å². The van der Waals surface area contributed by atoms with Crippen molar-refractivity contribution in [2.75, 3.05) is 0 Å². The zero-order valence-electron chi connectivity index (χ0n) is 11.8. The Balaban J connectivity index is 0. The van der Waals surface area contributed by atoms with E-state index < -0.39 is 47.8 Å². The summed E-state index contributed by atoms with van der Waals surface area (Å²) in [6, 6.07) is 0. The summed E-state index contributed by atoms with van der Waals surface area (Å²) in [5, 5.41) is 9.49. The van der Waals surface area contributed by atoms with E-state index in [9.17, 15) is 79.7 Å². The third kappa shape index (κ3) is 3.70. The van der Waals surface area contributed by atoms with Crippen molar-refractivity contribution in [2.45, 2.75) is 47.8 Å². The summed E-state index contributed by atoms with van der Waals surface area (Å²) >= 11 is 0. The van der Waals surface area contributed by atoms with Crippen molar-refractivity contribution in [2.24, 2.45) is 0 Å². The van der Waals surface area contributed by atoms with Crippen LogP contribution in [0.2, 0.25) is 0 Å². The first-order chi connectivity index (χ1) is 10.8. The zero-order valence-corrected chi connectivity index (χ0v) is 13.8. The minimum absolute atomic E-state index is 0. The van der Waals surface area contributed by atoms with Gasteiger partial charge in [-0.15, -0.1) is 0 Å². The van der Waals surface area contributed by atoms with Gasteiger partial charge in [0.25, 0.3) is 6.11 Å². The third-order valence-electron chi connectivity index (χ3n) is 2.69. The quantitative estimate of drug-likeness (QED) is 0.436. The molecule has 158 valence electrons. The second kappa shape index (κ2) is 6.93. The van der Waals surface area contributed by atoms with E-state index in [2.05, 4.69) is 0 Å². The van der Waals surface area contributed by atoms with Crippen LogP contribution < -0.4 is 34.7 Å². The van der Waals surface area contributed by atoms with Crippen molar-refractivity contribution >= 4 is 0 Å². The molecule has 0 atom stereocenters. The van der Waals surface area contributed by atoms with Gasteiger partial charge in [0.1, 0.15) is 0 Å². The molecule has 0 rings (SSSR count). The fourth-order valence-corrected chi connectivity index (χ4v) is 1.15. The van der Waals surface area contributed by atoms with Crippen LogP contribution in [0.25, 0.3) is 0 Å². The molecule has 0 unspecified atom stereocenters. The summed E-state index contributed by atoms with van der Waals surface area (Å²) in [4.78, 5) is 0. The van der Waals surface area contributed by atoms with Gasteiger partial charge in [-0.25, -0.2) is 8.78 Å². The topological polar surface area (TPSA) is 23.1 Å². The number of hydrogen-bond acceptors (Lipinski definition) is 1. The standard InChI is InChI=1S/C8F17O.Na/c9-1(10,3(13,14)5(17,18)7(21,22)23)2(11,12)4(15,16)6(19,20)8(24,25)26;/q-1;+1. The van der Waals surface area contributed by atoms with Gasteiger partial charge in [0.2, 0.25) is 0 Å². The maximum atomic E-state index is 12.8. The molecule has 0 bridgehead atoms. The van der Waals surface area contributed by atoms with E-state index in [4.69, 9.17) is 0 Å². The maximum Gasteiger partial charge on any atom is 1.00 e. The van der Waals surface area contributed by atoms with Crippen LogP contribution >= 0.6 is 0 Å². The van der Waals surface area contributed by atoms with E-state index in [1.54, 1.807) is 0 Å². The molecule has 0 amide bonds. The van der Waals surface area contributed by atoms with E-state index in [1.165, 1.54) is 0 Å². The van der Waals surface area contributed by atoms with Crippen LogP contribution in [0.4, 0.5) is 74.6 Å². The van der Waals surface area contributed by atoms with Crippen molar-refractivity contribution in [1.29, 1.82) is 0 Å². The summed E-state index contributed by atoms with van der Waals surface area (Å²) in [5.74, 6) is -50.7. The fourth-order valence-electron chi connectivity index (χ4n) is 1.15. The fraction of sp³-hybridized carbons (Fsp3) is 1.00. The summed E-state index contributed by atoms with van der Waals surface area (Å²) in [6.07, 6.45) is -15.4. The van der Waals surface area contributed by atoms with E-state index in [0.717, 1.165) is 0 Å². The number of hydrogen-bond donors (Lipinski definition) is 0. The van der Waals surface area contributed by atoms with Crippen molar-refractivity contribution in [3.8, 4) is 0 Å². The molecule has 0 spiro atoms. The van der Waals surface area contributed by atoms with Crippen molar-refractivity contribution in [3.63, 3.8) is 0 Å². The van der Waals surface area contributed by atoms with Gasteiger partial charge >= 0.3 is 71.3 Å². The first kappa shape index (κ1) is 29.0. The Hall–Kier alpha value is -0.230. The summed E-state index contributed by atoms with van der Waals surface area (Å²) in [5.41, 5.74) is 0. The minimum atomic E-state index is -8.70. The molecule has 27 heavy (non-hydrogen) atoms. The molecular formula is C8F17NaO. The van der Waals surface area contributed by atoms with Crippen molar-refractivity contribution < 1.29 is 109 Å². The van der Waals surface area contributed by atoms with Crippen LogP contribution in [-0.4, -0.2) is 47.8 Å². The number of rotatable bonds is 6. The Bertz CT molecular complexity index is 480. The third-order valence-corrected chi connectivity index (χ3v) is 2.69. The molecular weight excluding hydrogens is 458 g/mol. The van der Waals surface area contributed by atoms with Crippen LogP contribution in [0.15, 0.2) is 0 Å². The molecule has 0 saturated heterocycles. The largest absolute Gasteiger partial charge is 1.00 e. The molecule has 0 fully saturated rings. The van der Waals surface area contributed by atoms with E-state index in [1.807, 2.05) is 0 Å². The van der Waals surface area contributed by atoms with Crippen LogP contribution in [0.1, 0.15) is 0 Å². The van der Waals surface area contributed by atoms with Gasteiger partial charge in [-0.3, -0.25) is 0 Å². The second-order valence-corrected chi connectivity index (χ2v) is 4.46. The van der Waals surface area contributed by atoms with Crippen LogP contribution in [0.5, 0.6) is 0 Å². The minimum Gasteiger partial charge on any atom is -0.793 e.